The smallest absolute Gasteiger partial charge is 0.315 e. The van der Waals surface area contributed by atoms with E-state index in [9.17, 15) is 4.79 Å². The molecule has 0 bridgehead atoms. The molecule has 1 heterocycles. The van der Waals surface area contributed by atoms with Gasteiger partial charge in [-0.3, -0.25) is 4.79 Å². The quantitative estimate of drug-likeness (QED) is 0.779. The topological polar surface area (TPSA) is 48.4 Å². The number of hydrogen-bond acceptors (Lipinski definition) is 5. The Morgan fingerprint density at radius 1 is 1.53 bits per heavy atom. The molecule has 2 atom stereocenters. The Bertz CT molecular complexity index is 465. The monoisotopic (exact) mass is 283 g/mol. The van der Waals surface area contributed by atoms with Gasteiger partial charge in [-0.2, -0.15) is 0 Å². The van der Waals surface area contributed by atoms with Crippen molar-refractivity contribution in [2.24, 2.45) is 0 Å². The summed E-state index contributed by atoms with van der Waals surface area (Å²) in [5.41, 5.74) is 0.559. The number of nitrogens with zero attached hydrogens (tertiary/aromatic N) is 1. The highest BCUT2D eigenvalue weighted by Gasteiger charge is 2.37. The first-order chi connectivity index (χ1) is 9.05. The van der Waals surface area contributed by atoms with Crippen molar-refractivity contribution in [2.45, 2.75) is 51.6 Å². The van der Waals surface area contributed by atoms with E-state index in [4.69, 9.17) is 9.47 Å². The van der Waals surface area contributed by atoms with Crippen LogP contribution in [0.1, 0.15) is 55.1 Å². The predicted molar refractivity (Wildman–Crippen MR) is 74.5 cm³/mol. The Kier molecular flexibility index (Phi) is 4.26. The summed E-state index contributed by atoms with van der Waals surface area (Å²) in [6, 6.07) is 0. The number of aryl methyl sites for hydroxylation is 1. The summed E-state index contributed by atoms with van der Waals surface area (Å²) >= 11 is 1.67. The van der Waals surface area contributed by atoms with Gasteiger partial charge in [-0.05, 0) is 33.1 Å². The molecule has 0 aliphatic heterocycles. The van der Waals surface area contributed by atoms with Gasteiger partial charge < -0.3 is 9.47 Å². The molecule has 1 aromatic heterocycles. The summed E-state index contributed by atoms with van der Waals surface area (Å²) < 4.78 is 10.7. The molecule has 0 N–H and O–H groups in total. The van der Waals surface area contributed by atoms with Gasteiger partial charge in [-0.25, -0.2) is 4.98 Å². The zero-order valence-corrected chi connectivity index (χ0v) is 12.8. The van der Waals surface area contributed by atoms with Crippen LogP contribution in [-0.2, 0) is 26.3 Å². The number of hydrogen-bond donors (Lipinski definition) is 0. The second-order valence-corrected chi connectivity index (χ2v) is 6.04. The van der Waals surface area contributed by atoms with Gasteiger partial charge in [0.15, 0.2) is 0 Å². The van der Waals surface area contributed by atoms with Crippen LogP contribution in [0.25, 0.3) is 0 Å². The molecule has 0 fully saturated rings. The van der Waals surface area contributed by atoms with E-state index in [1.165, 1.54) is 4.88 Å². The van der Waals surface area contributed by atoms with Crippen molar-refractivity contribution in [3.63, 3.8) is 0 Å². The Labute approximate surface area is 118 Å². The summed E-state index contributed by atoms with van der Waals surface area (Å²) in [6.07, 6.45) is 2.60. The molecular weight excluding hydrogens is 262 g/mol. The molecule has 1 aliphatic carbocycles. The average molecular weight is 283 g/mol. The molecule has 0 spiro atoms. The lowest BCUT2D eigenvalue weighted by molar-refractivity contribution is -0.145. The van der Waals surface area contributed by atoms with E-state index in [1.807, 2.05) is 13.8 Å². The maximum Gasteiger partial charge on any atom is 0.315 e. The average Bonchev–Trinajstić information content (AvgIpc) is 2.97. The third-order valence-electron chi connectivity index (χ3n) is 3.87. The molecule has 0 aromatic carbocycles. The summed E-state index contributed by atoms with van der Waals surface area (Å²) in [6.45, 7) is 6.38. The number of carbonyl (C=O) groups excluding carboxylic acids is 1. The standard InChI is InChI=1S/C14H21NO3S/c1-5-14(3,17-4)13-15-11-9(12(16)18-6-2)7-8-10(11)19-13/h9H,5-8H2,1-4H3. The van der Waals surface area contributed by atoms with Gasteiger partial charge in [0, 0.05) is 12.0 Å². The van der Waals surface area contributed by atoms with E-state index in [0.717, 1.165) is 30.0 Å². The predicted octanol–water partition coefficient (Wildman–Crippen LogP) is 3.01. The molecule has 2 unspecified atom stereocenters. The third kappa shape index (κ3) is 2.54. The van der Waals surface area contributed by atoms with Crippen molar-refractivity contribution in [3.8, 4) is 0 Å². The fourth-order valence-corrected chi connectivity index (χ4v) is 3.64. The minimum absolute atomic E-state index is 0.145. The second kappa shape index (κ2) is 5.59. The lowest BCUT2D eigenvalue weighted by Gasteiger charge is -2.24. The number of esters is 1. The van der Waals surface area contributed by atoms with E-state index in [1.54, 1.807) is 18.4 Å². The number of ether oxygens (including phenoxy) is 2. The zero-order chi connectivity index (χ0) is 14.0. The van der Waals surface area contributed by atoms with Gasteiger partial charge in [-0.1, -0.05) is 6.92 Å². The Balaban J connectivity index is 2.27. The zero-order valence-electron chi connectivity index (χ0n) is 12.0. The van der Waals surface area contributed by atoms with Crippen LogP contribution in [0.2, 0.25) is 0 Å². The van der Waals surface area contributed by atoms with E-state index >= 15 is 0 Å². The van der Waals surface area contributed by atoms with Crippen LogP contribution in [0.3, 0.4) is 0 Å². The summed E-state index contributed by atoms with van der Waals surface area (Å²) in [5, 5.41) is 0.969. The first-order valence-electron chi connectivity index (χ1n) is 6.77. The van der Waals surface area contributed by atoms with Crippen LogP contribution < -0.4 is 0 Å². The maximum atomic E-state index is 11.9. The molecule has 106 valence electrons. The van der Waals surface area contributed by atoms with Crippen LogP contribution in [-0.4, -0.2) is 24.7 Å². The van der Waals surface area contributed by atoms with Crippen molar-refractivity contribution >= 4 is 17.3 Å². The van der Waals surface area contributed by atoms with Crippen LogP contribution in [0, 0.1) is 0 Å². The number of methoxy groups -OCH3 is 1. The normalized spacial score (nSPS) is 20.9. The van der Waals surface area contributed by atoms with Crippen LogP contribution in [0.5, 0.6) is 0 Å². The van der Waals surface area contributed by atoms with Gasteiger partial charge in [0.25, 0.3) is 0 Å². The van der Waals surface area contributed by atoms with Crippen LogP contribution in [0.4, 0.5) is 0 Å². The molecule has 1 aliphatic rings. The number of thiazole rings is 1. The number of aromatic nitrogens is 1. The van der Waals surface area contributed by atoms with Crippen molar-refractivity contribution in [3.05, 3.63) is 15.6 Å². The number of rotatable bonds is 5. The summed E-state index contributed by atoms with van der Waals surface area (Å²) in [7, 11) is 1.71. The van der Waals surface area contributed by atoms with Gasteiger partial charge in [0.1, 0.15) is 16.5 Å². The van der Waals surface area contributed by atoms with Crippen LogP contribution >= 0.6 is 11.3 Å². The maximum absolute atomic E-state index is 11.9. The van der Waals surface area contributed by atoms with Gasteiger partial charge in [0.05, 0.1) is 12.3 Å². The molecule has 0 radical (unpaired) electrons. The fourth-order valence-electron chi connectivity index (χ4n) is 2.31. The molecule has 1 aromatic rings. The summed E-state index contributed by atoms with van der Waals surface area (Å²) in [5.74, 6) is -0.327. The molecule has 19 heavy (non-hydrogen) atoms. The molecule has 4 nitrogen and oxygen atoms in total. The van der Waals surface area contributed by atoms with Gasteiger partial charge in [-0.15, -0.1) is 11.3 Å². The number of carbonyl (C=O) groups is 1. The van der Waals surface area contributed by atoms with Gasteiger partial charge in [0.2, 0.25) is 0 Å². The lowest BCUT2D eigenvalue weighted by atomic mass is 10.0. The minimum atomic E-state index is -0.353. The molecule has 5 heteroatoms. The SMILES string of the molecule is CCOC(=O)C1CCc2sc(C(C)(CC)OC)nc21. The fraction of sp³-hybridized carbons (Fsp3) is 0.714. The van der Waals surface area contributed by atoms with E-state index in [-0.39, 0.29) is 17.5 Å². The molecule has 2 rings (SSSR count). The first kappa shape index (κ1) is 14.5. The highest BCUT2D eigenvalue weighted by molar-refractivity contribution is 7.12. The van der Waals surface area contributed by atoms with E-state index in [2.05, 4.69) is 11.9 Å². The second-order valence-electron chi connectivity index (χ2n) is 4.96. The minimum Gasteiger partial charge on any atom is -0.465 e. The number of fused-ring (bicyclic) bond motifs is 1. The van der Waals surface area contributed by atoms with E-state index in [0.29, 0.717) is 6.61 Å². The molecular formula is C14H21NO3S. The van der Waals surface area contributed by atoms with E-state index < -0.39 is 0 Å². The van der Waals surface area contributed by atoms with Crippen molar-refractivity contribution in [1.82, 2.24) is 4.98 Å². The van der Waals surface area contributed by atoms with Gasteiger partial charge >= 0.3 is 5.97 Å². The Hall–Kier alpha value is -0.940. The Morgan fingerprint density at radius 2 is 2.26 bits per heavy atom. The largest absolute Gasteiger partial charge is 0.465 e. The first-order valence-corrected chi connectivity index (χ1v) is 7.59. The highest BCUT2D eigenvalue weighted by Crippen LogP contribution is 2.41. The highest BCUT2D eigenvalue weighted by atomic mass is 32.1. The van der Waals surface area contributed by atoms with Crippen molar-refractivity contribution < 1.29 is 14.3 Å². The van der Waals surface area contributed by atoms with Crippen molar-refractivity contribution in [2.75, 3.05) is 13.7 Å². The molecule has 0 saturated carbocycles. The lowest BCUT2D eigenvalue weighted by Crippen LogP contribution is -2.23. The van der Waals surface area contributed by atoms with Crippen molar-refractivity contribution in [1.29, 1.82) is 0 Å². The molecule has 0 saturated heterocycles. The molecule has 0 amide bonds. The summed E-state index contributed by atoms with van der Waals surface area (Å²) in [4.78, 5) is 17.8. The third-order valence-corrected chi connectivity index (χ3v) is 5.24. The Morgan fingerprint density at radius 3 is 2.84 bits per heavy atom. The van der Waals surface area contributed by atoms with Crippen LogP contribution in [0.15, 0.2) is 0 Å².